The third-order valence-electron chi connectivity index (χ3n) is 2.16. The molecule has 0 radical (unpaired) electrons. The van der Waals surface area contributed by atoms with Gasteiger partial charge >= 0.3 is 5.97 Å². The number of nitrogens with two attached hydrogens (primary N) is 1. The number of anilines is 1. The Morgan fingerprint density at radius 3 is 2.63 bits per heavy atom. The van der Waals surface area contributed by atoms with Crippen LogP contribution in [0.3, 0.4) is 0 Å². The zero-order valence-corrected chi connectivity index (χ0v) is 10.2. The smallest absolute Gasteiger partial charge is 0.337 e. The van der Waals surface area contributed by atoms with Gasteiger partial charge in [-0.2, -0.15) is 0 Å². The van der Waals surface area contributed by atoms with Crippen LogP contribution in [0.1, 0.15) is 21.6 Å². The van der Waals surface area contributed by atoms with Crippen LogP contribution in [0.5, 0.6) is 0 Å². The van der Waals surface area contributed by atoms with Crippen LogP contribution in [-0.4, -0.2) is 26.0 Å². The lowest BCUT2D eigenvalue weighted by atomic mass is 10.2. The number of carboxylic acids is 1. The van der Waals surface area contributed by atoms with Gasteiger partial charge in [-0.3, -0.25) is 0 Å². The van der Waals surface area contributed by atoms with E-state index in [2.05, 4.69) is 26.8 Å². The van der Waals surface area contributed by atoms with Crippen LogP contribution < -0.4 is 5.73 Å². The number of halogens is 1. The molecular weight excluding hydrogens is 268 g/mol. The zero-order valence-electron chi connectivity index (χ0n) is 9.46. The molecule has 0 aliphatic rings. The SMILES string of the molecule is Nc1ncnc(Cl)c1C#Cc1ccc(C(=O)O)cn1. The topological polar surface area (TPSA) is 102 Å². The monoisotopic (exact) mass is 274 g/mol. The fraction of sp³-hybridized carbons (Fsp3) is 0. The average molecular weight is 275 g/mol. The number of nitrogen functional groups attached to an aromatic ring is 1. The molecule has 0 unspecified atom stereocenters. The standard InChI is InChI=1S/C12H7ClN4O2/c13-10-9(11(14)17-6-16-10)4-3-8-2-1-7(5-15-8)12(18)19/h1-2,5-6H,(H,18,19)(H2,14,16,17). The summed E-state index contributed by atoms with van der Waals surface area (Å²) >= 11 is 5.83. The molecule has 2 rings (SSSR count). The third-order valence-corrected chi connectivity index (χ3v) is 2.44. The van der Waals surface area contributed by atoms with E-state index in [0.29, 0.717) is 11.3 Å². The molecular formula is C12H7ClN4O2. The highest BCUT2D eigenvalue weighted by Crippen LogP contribution is 2.15. The summed E-state index contributed by atoms with van der Waals surface area (Å²) in [5, 5.41) is 8.88. The van der Waals surface area contributed by atoms with Gasteiger partial charge < -0.3 is 10.8 Å². The maximum Gasteiger partial charge on any atom is 0.337 e. The molecule has 0 aliphatic carbocycles. The van der Waals surface area contributed by atoms with Gasteiger partial charge in [0.25, 0.3) is 0 Å². The van der Waals surface area contributed by atoms with Crippen LogP contribution in [0.4, 0.5) is 5.82 Å². The summed E-state index contributed by atoms with van der Waals surface area (Å²) in [6.45, 7) is 0. The van der Waals surface area contributed by atoms with E-state index in [0.717, 1.165) is 0 Å². The molecule has 0 aromatic carbocycles. The van der Waals surface area contributed by atoms with E-state index in [4.69, 9.17) is 22.4 Å². The summed E-state index contributed by atoms with van der Waals surface area (Å²) in [5.41, 5.74) is 6.41. The highest BCUT2D eigenvalue weighted by Gasteiger charge is 2.04. The van der Waals surface area contributed by atoms with E-state index >= 15 is 0 Å². The lowest BCUT2D eigenvalue weighted by molar-refractivity contribution is 0.0696. The lowest BCUT2D eigenvalue weighted by Crippen LogP contribution is -1.98. The largest absolute Gasteiger partial charge is 0.478 e. The van der Waals surface area contributed by atoms with E-state index in [-0.39, 0.29) is 16.5 Å². The second-order valence-electron chi connectivity index (χ2n) is 3.41. The summed E-state index contributed by atoms with van der Waals surface area (Å²) in [7, 11) is 0. The van der Waals surface area contributed by atoms with Crippen molar-refractivity contribution in [2.45, 2.75) is 0 Å². The van der Waals surface area contributed by atoms with E-state index in [1.807, 2.05) is 0 Å². The Morgan fingerprint density at radius 2 is 2.05 bits per heavy atom. The van der Waals surface area contributed by atoms with Crippen LogP contribution in [0.15, 0.2) is 24.7 Å². The Kier molecular flexibility index (Phi) is 3.59. The minimum Gasteiger partial charge on any atom is -0.478 e. The second kappa shape index (κ2) is 5.33. The number of aromatic carboxylic acids is 1. The number of hydrogen-bond donors (Lipinski definition) is 2. The van der Waals surface area contributed by atoms with Crippen LogP contribution in [0.25, 0.3) is 0 Å². The molecule has 2 aromatic heterocycles. The first-order chi connectivity index (χ1) is 9.08. The van der Waals surface area contributed by atoms with Crippen molar-refractivity contribution in [2.75, 3.05) is 5.73 Å². The molecule has 7 heteroatoms. The summed E-state index contributed by atoms with van der Waals surface area (Å²) in [4.78, 5) is 22.1. The van der Waals surface area contributed by atoms with Gasteiger partial charge in [-0.05, 0) is 18.1 Å². The summed E-state index contributed by atoms with van der Waals surface area (Å²) in [6, 6.07) is 2.90. The number of nitrogens with zero attached hydrogens (tertiary/aromatic N) is 3. The van der Waals surface area contributed by atoms with Gasteiger partial charge in [0.05, 0.1) is 5.56 Å². The van der Waals surface area contributed by atoms with Crippen LogP contribution in [0.2, 0.25) is 5.15 Å². The molecule has 0 saturated heterocycles. The van der Waals surface area contributed by atoms with Crippen LogP contribution in [-0.2, 0) is 0 Å². The molecule has 0 atom stereocenters. The number of aromatic nitrogens is 3. The Balaban J connectivity index is 2.32. The molecule has 0 fully saturated rings. The van der Waals surface area contributed by atoms with Gasteiger partial charge in [0.1, 0.15) is 28.6 Å². The number of carboxylic acid groups (broad SMARTS) is 1. The molecule has 94 valence electrons. The Labute approximate surface area is 113 Å². The van der Waals surface area contributed by atoms with Crippen molar-refractivity contribution in [3.63, 3.8) is 0 Å². The minimum atomic E-state index is -1.05. The van der Waals surface area contributed by atoms with Crippen molar-refractivity contribution in [3.05, 3.63) is 46.6 Å². The number of rotatable bonds is 1. The minimum absolute atomic E-state index is 0.0890. The van der Waals surface area contributed by atoms with Crippen molar-refractivity contribution < 1.29 is 9.90 Å². The highest BCUT2D eigenvalue weighted by molar-refractivity contribution is 6.30. The first-order valence-corrected chi connectivity index (χ1v) is 5.43. The average Bonchev–Trinajstić information content (AvgIpc) is 2.38. The van der Waals surface area contributed by atoms with E-state index in [1.165, 1.54) is 24.7 Å². The van der Waals surface area contributed by atoms with Crippen molar-refractivity contribution in [1.29, 1.82) is 0 Å². The molecule has 3 N–H and O–H groups in total. The fourth-order valence-electron chi connectivity index (χ4n) is 1.21. The predicted molar refractivity (Wildman–Crippen MR) is 68.6 cm³/mol. The maximum atomic E-state index is 10.7. The van der Waals surface area contributed by atoms with Gasteiger partial charge in [-0.25, -0.2) is 19.7 Å². The number of hydrogen-bond acceptors (Lipinski definition) is 5. The van der Waals surface area contributed by atoms with Gasteiger partial charge in [-0.15, -0.1) is 0 Å². The van der Waals surface area contributed by atoms with Gasteiger partial charge in [0.2, 0.25) is 0 Å². The summed E-state index contributed by atoms with van der Waals surface area (Å²) in [5.74, 6) is 4.54. The lowest BCUT2D eigenvalue weighted by Gasteiger charge is -1.97. The van der Waals surface area contributed by atoms with E-state index in [9.17, 15) is 4.79 Å². The van der Waals surface area contributed by atoms with Crippen molar-refractivity contribution >= 4 is 23.4 Å². The van der Waals surface area contributed by atoms with Crippen molar-refractivity contribution in [3.8, 4) is 11.8 Å². The first-order valence-electron chi connectivity index (χ1n) is 5.05. The third kappa shape index (κ3) is 2.97. The first kappa shape index (κ1) is 12.8. The van der Waals surface area contributed by atoms with Crippen molar-refractivity contribution in [1.82, 2.24) is 15.0 Å². The Morgan fingerprint density at radius 1 is 1.26 bits per heavy atom. The molecule has 0 aliphatic heterocycles. The molecule has 0 spiro atoms. The molecule has 19 heavy (non-hydrogen) atoms. The summed E-state index contributed by atoms with van der Waals surface area (Å²) in [6.07, 6.45) is 2.46. The Bertz CT molecular complexity index is 669. The van der Waals surface area contributed by atoms with Gasteiger partial charge in [-0.1, -0.05) is 17.5 Å². The fourth-order valence-corrected chi connectivity index (χ4v) is 1.40. The van der Waals surface area contributed by atoms with Crippen molar-refractivity contribution in [2.24, 2.45) is 0 Å². The molecule has 0 saturated carbocycles. The number of pyridine rings is 1. The highest BCUT2D eigenvalue weighted by atomic mass is 35.5. The van der Waals surface area contributed by atoms with Gasteiger partial charge in [0, 0.05) is 6.20 Å². The predicted octanol–water partition coefficient (Wildman–Crippen LogP) is 1.21. The zero-order chi connectivity index (χ0) is 13.8. The van der Waals surface area contributed by atoms with E-state index < -0.39 is 5.97 Å². The molecule has 0 bridgehead atoms. The molecule has 0 amide bonds. The molecule has 2 aromatic rings. The molecule has 2 heterocycles. The maximum absolute atomic E-state index is 10.7. The van der Waals surface area contributed by atoms with E-state index in [1.54, 1.807) is 0 Å². The van der Waals surface area contributed by atoms with Gasteiger partial charge in [0.15, 0.2) is 0 Å². The normalized spacial score (nSPS) is 9.53. The quantitative estimate of drug-likeness (QED) is 0.598. The molecule has 6 nitrogen and oxygen atoms in total. The number of carbonyl (C=O) groups is 1. The van der Waals surface area contributed by atoms with Crippen LogP contribution >= 0.6 is 11.6 Å². The second-order valence-corrected chi connectivity index (χ2v) is 3.77. The Hall–Kier alpha value is -2.65. The van der Waals surface area contributed by atoms with Crippen LogP contribution in [0, 0.1) is 11.8 Å². The summed E-state index contributed by atoms with van der Waals surface area (Å²) < 4.78 is 0.